The molecule has 2 aromatic rings. The Morgan fingerprint density at radius 1 is 0.975 bits per heavy atom. The van der Waals surface area contributed by atoms with E-state index in [4.69, 9.17) is 4.74 Å². The van der Waals surface area contributed by atoms with Crippen LogP contribution in [0.4, 0.5) is 10.5 Å². The molecule has 0 radical (unpaired) electrons. The number of likely N-dealkylation sites (tertiary alicyclic amines) is 1. The Labute approximate surface area is 240 Å². The summed E-state index contributed by atoms with van der Waals surface area (Å²) in [6.45, 7) is 12.2. The van der Waals surface area contributed by atoms with Crippen molar-refractivity contribution in [1.82, 2.24) is 10.2 Å². The molecular formula is C34H46N4O2. The van der Waals surface area contributed by atoms with Crippen LogP contribution in [0.5, 0.6) is 0 Å². The molecule has 1 N–H and O–H groups in total. The maximum absolute atomic E-state index is 12.2. The van der Waals surface area contributed by atoms with Crippen molar-refractivity contribution in [2.75, 3.05) is 44.7 Å². The maximum atomic E-state index is 12.2. The van der Waals surface area contributed by atoms with E-state index in [1.807, 2.05) is 18.2 Å². The Kier molecular flexibility index (Phi) is 8.42. The van der Waals surface area contributed by atoms with Gasteiger partial charge >= 0.3 is 6.09 Å². The molecule has 5 rings (SSSR count). The van der Waals surface area contributed by atoms with Crippen LogP contribution in [0.15, 0.2) is 54.6 Å². The van der Waals surface area contributed by atoms with Crippen molar-refractivity contribution in [3.05, 3.63) is 65.7 Å². The van der Waals surface area contributed by atoms with Crippen LogP contribution in [0.3, 0.4) is 0 Å². The predicted octanol–water partition coefficient (Wildman–Crippen LogP) is 6.12. The monoisotopic (exact) mass is 542 g/mol. The Morgan fingerprint density at radius 2 is 1.65 bits per heavy atom. The molecule has 214 valence electrons. The standard InChI is InChI=1S/C34H46N4O2/c1-33(2,3)26-13-15-29(16-14-26)38-22-25(23-38)21-37-19-17-28(18-20-37)34(24-35,27-9-6-5-7-10-27)30-11-8-12-31(30)40-32(39)36-4/h5-7,9-10,13-16,25,28,30-31H,8,11-12,17-23H2,1-4H3,(H,36,39)/t30-,31-,34?/m0/s1. The summed E-state index contributed by atoms with van der Waals surface area (Å²) in [5.74, 6) is 0.946. The highest BCUT2D eigenvalue weighted by Crippen LogP contribution is 2.51. The molecule has 1 unspecified atom stereocenters. The fraction of sp³-hybridized carbons (Fsp3) is 0.588. The van der Waals surface area contributed by atoms with Crippen molar-refractivity contribution in [3.8, 4) is 6.07 Å². The summed E-state index contributed by atoms with van der Waals surface area (Å²) in [6.07, 6.45) is 4.09. The number of ether oxygens (including phenoxy) is 1. The van der Waals surface area contributed by atoms with Crippen LogP contribution in [-0.2, 0) is 15.6 Å². The summed E-state index contributed by atoms with van der Waals surface area (Å²) in [7, 11) is 1.60. The normalized spacial score (nSPS) is 24.1. The van der Waals surface area contributed by atoms with Gasteiger partial charge in [-0.1, -0.05) is 63.2 Å². The van der Waals surface area contributed by atoms with Gasteiger partial charge in [-0.2, -0.15) is 5.26 Å². The highest BCUT2D eigenvalue weighted by Gasteiger charge is 2.53. The third kappa shape index (κ3) is 5.72. The molecule has 6 nitrogen and oxygen atoms in total. The van der Waals surface area contributed by atoms with Crippen molar-refractivity contribution in [2.24, 2.45) is 17.8 Å². The average molecular weight is 543 g/mol. The number of carbonyl (C=O) groups excluding carboxylic acids is 1. The average Bonchev–Trinajstić information content (AvgIpc) is 3.40. The minimum Gasteiger partial charge on any atom is -0.446 e. The van der Waals surface area contributed by atoms with Crippen LogP contribution in [-0.4, -0.2) is 56.9 Å². The number of hydrogen-bond acceptors (Lipinski definition) is 5. The molecule has 0 bridgehead atoms. The number of anilines is 1. The third-order valence-corrected chi connectivity index (χ3v) is 9.74. The van der Waals surface area contributed by atoms with Crippen molar-refractivity contribution in [3.63, 3.8) is 0 Å². The van der Waals surface area contributed by atoms with Gasteiger partial charge in [-0.05, 0) is 79.8 Å². The Hall–Kier alpha value is -3.04. The van der Waals surface area contributed by atoms with Crippen LogP contribution in [0, 0.1) is 29.1 Å². The molecule has 3 fully saturated rings. The van der Waals surface area contributed by atoms with Crippen LogP contribution >= 0.6 is 0 Å². The highest BCUT2D eigenvalue weighted by molar-refractivity contribution is 5.67. The molecule has 0 aromatic heterocycles. The van der Waals surface area contributed by atoms with Gasteiger partial charge in [0.15, 0.2) is 0 Å². The van der Waals surface area contributed by atoms with Gasteiger partial charge in [-0.25, -0.2) is 4.79 Å². The lowest BCUT2D eigenvalue weighted by Gasteiger charge is -2.48. The van der Waals surface area contributed by atoms with E-state index in [0.29, 0.717) is 5.92 Å². The van der Waals surface area contributed by atoms with E-state index < -0.39 is 11.5 Å². The number of amides is 1. The number of nitrogens with one attached hydrogen (secondary N) is 1. The molecule has 2 aliphatic heterocycles. The number of piperidine rings is 1. The number of nitriles is 1. The first-order chi connectivity index (χ1) is 19.2. The lowest BCUT2D eigenvalue weighted by Crippen LogP contribution is -2.54. The van der Waals surface area contributed by atoms with Gasteiger partial charge in [0, 0.05) is 44.2 Å². The quantitative estimate of drug-likeness (QED) is 0.457. The topological polar surface area (TPSA) is 68.6 Å². The summed E-state index contributed by atoms with van der Waals surface area (Å²) < 4.78 is 5.84. The van der Waals surface area contributed by atoms with E-state index in [0.717, 1.165) is 70.4 Å². The number of alkyl carbamates (subject to hydrolysis) is 1. The number of carbonyl (C=O) groups is 1. The summed E-state index contributed by atoms with van der Waals surface area (Å²) >= 11 is 0. The first-order valence-corrected chi connectivity index (χ1v) is 15.2. The Bertz CT molecular complexity index is 1170. The molecule has 1 aliphatic carbocycles. The van der Waals surface area contributed by atoms with E-state index in [-0.39, 0.29) is 23.4 Å². The number of hydrogen-bond donors (Lipinski definition) is 1. The largest absolute Gasteiger partial charge is 0.446 e. The third-order valence-electron chi connectivity index (χ3n) is 9.74. The zero-order chi connectivity index (χ0) is 28.3. The van der Waals surface area contributed by atoms with E-state index in [9.17, 15) is 10.1 Å². The lowest BCUT2D eigenvalue weighted by atomic mass is 9.59. The molecule has 0 spiro atoms. The fourth-order valence-corrected chi connectivity index (χ4v) is 7.49. The van der Waals surface area contributed by atoms with Crippen LogP contribution < -0.4 is 10.2 Å². The molecule has 2 saturated heterocycles. The van der Waals surface area contributed by atoms with E-state index in [2.05, 4.69) is 78.4 Å². The maximum Gasteiger partial charge on any atom is 0.407 e. The first kappa shape index (κ1) is 28.5. The minimum absolute atomic E-state index is 0.0126. The van der Waals surface area contributed by atoms with Gasteiger partial charge in [0.2, 0.25) is 0 Å². The molecule has 2 heterocycles. The number of benzene rings is 2. The van der Waals surface area contributed by atoms with Crippen LogP contribution in [0.1, 0.15) is 64.0 Å². The smallest absolute Gasteiger partial charge is 0.407 e. The zero-order valence-electron chi connectivity index (χ0n) is 24.7. The molecular weight excluding hydrogens is 496 g/mol. The Balaban J connectivity index is 1.22. The molecule has 3 atom stereocenters. The second-order valence-electron chi connectivity index (χ2n) is 13.2. The lowest BCUT2D eigenvalue weighted by molar-refractivity contribution is 0.0307. The second kappa shape index (κ2) is 11.8. The summed E-state index contributed by atoms with van der Waals surface area (Å²) in [6, 6.07) is 22.3. The van der Waals surface area contributed by atoms with Gasteiger partial charge < -0.3 is 19.9 Å². The van der Waals surface area contributed by atoms with Gasteiger partial charge in [-0.15, -0.1) is 0 Å². The number of rotatable bonds is 7. The van der Waals surface area contributed by atoms with Crippen LogP contribution in [0.25, 0.3) is 0 Å². The molecule has 1 saturated carbocycles. The van der Waals surface area contributed by atoms with E-state index in [1.54, 1.807) is 7.05 Å². The minimum atomic E-state index is -0.644. The predicted molar refractivity (Wildman–Crippen MR) is 160 cm³/mol. The molecule has 40 heavy (non-hydrogen) atoms. The summed E-state index contributed by atoms with van der Waals surface area (Å²) in [5.41, 5.74) is 3.33. The van der Waals surface area contributed by atoms with Gasteiger partial charge in [0.05, 0.1) is 11.5 Å². The molecule has 3 aliphatic rings. The summed E-state index contributed by atoms with van der Waals surface area (Å²) in [4.78, 5) is 17.3. The molecule has 6 heteroatoms. The van der Waals surface area contributed by atoms with Gasteiger partial charge in [-0.3, -0.25) is 0 Å². The molecule has 2 aromatic carbocycles. The first-order valence-electron chi connectivity index (χ1n) is 15.2. The Morgan fingerprint density at radius 3 is 2.25 bits per heavy atom. The van der Waals surface area contributed by atoms with E-state index >= 15 is 0 Å². The summed E-state index contributed by atoms with van der Waals surface area (Å²) in [5, 5.41) is 13.5. The zero-order valence-corrected chi connectivity index (χ0v) is 24.7. The number of nitrogens with zero attached hydrogens (tertiary/aromatic N) is 3. The van der Waals surface area contributed by atoms with Crippen molar-refractivity contribution in [1.29, 1.82) is 5.26 Å². The molecule has 1 amide bonds. The van der Waals surface area contributed by atoms with Crippen LogP contribution in [0.2, 0.25) is 0 Å². The van der Waals surface area contributed by atoms with Gasteiger partial charge in [0.1, 0.15) is 6.10 Å². The second-order valence-corrected chi connectivity index (χ2v) is 13.2. The highest BCUT2D eigenvalue weighted by atomic mass is 16.6. The van der Waals surface area contributed by atoms with Crippen molar-refractivity contribution >= 4 is 11.8 Å². The van der Waals surface area contributed by atoms with E-state index in [1.165, 1.54) is 11.3 Å². The SMILES string of the molecule is CNC(=O)O[C@H]1CCC[C@@H]1C(C#N)(c1ccccc1)C1CCN(CC2CN(c3ccc(C(C)(C)C)cc3)C2)CC1. The fourth-order valence-electron chi connectivity index (χ4n) is 7.49. The van der Waals surface area contributed by atoms with Gasteiger partial charge in [0.25, 0.3) is 0 Å². The van der Waals surface area contributed by atoms with Crippen molar-refractivity contribution < 1.29 is 9.53 Å². The van der Waals surface area contributed by atoms with Crippen molar-refractivity contribution in [2.45, 2.75) is 69.8 Å².